The lowest BCUT2D eigenvalue weighted by Gasteiger charge is -2.25. The van der Waals surface area contributed by atoms with E-state index in [2.05, 4.69) is 17.0 Å². The van der Waals surface area contributed by atoms with Crippen LogP contribution in [0.3, 0.4) is 0 Å². The molecule has 2 heterocycles. The smallest absolute Gasteiger partial charge is 0.244 e. The summed E-state index contributed by atoms with van der Waals surface area (Å²) in [5.74, 6) is 0.0770. The number of methoxy groups -OCH3 is 1. The van der Waals surface area contributed by atoms with Crippen LogP contribution in [0.2, 0.25) is 0 Å². The first kappa shape index (κ1) is 16.0. The van der Waals surface area contributed by atoms with Crippen molar-refractivity contribution in [2.45, 2.75) is 25.1 Å². The molecular weight excluding hydrogens is 292 g/mol. The van der Waals surface area contributed by atoms with Crippen LogP contribution in [-0.4, -0.2) is 71.9 Å². The van der Waals surface area contributed by atoms with E-state index in [1.807, 2.05) is 31.3 Å². The highest BCUT2D eigenvalue weighted by molar-refractivity contribution is 5.81. The molecule has 1 saturated heterocycles. The van der Waals surface area contributed by atoms with Gasteiger partial charge in [0, 0.05) is 38.7 Å². The minimum absolute atomic E-state index is 0.0770. The number of benzene rings is 1. The Hall–Kier alpha value is -1.92. The Labute approximate surface area is 136 Å². The maximum absolute atomic E-state index is 12.5. The summed E-state index contributed by atoms with van der Waals surface area (Å²) in [5, 5.41) is 5.39. The highest BCUT2D eigenvalue weighted by atomic mass is 16.5. The van der Waals surface area contributed by atoms with E-state index in [1.165, 1.54) is 0 Å². The van der Waals surface area contributed by atoms with E-state index in [4.69, 9.17) is 4.74 Å². The van der Waals surface area contributed by atoms with Crippen LogP contribution in [-0.2, 0) is 16.1 Å². The number of fused-ring (bicyclic) bond motifs is 1. The fourth-order valence-electron chi connectivity index (χ4n) is 3.23. The summed E-state index contributed by atoms with van der Waals surface area (Å²) in [6.07, 6.45) is 3.04. The zero-order chi connectivity index (χ0) is 16.4. The number of aromatic nitrogens is 2. The summed E-state index contributed by atoms with van der Waals surface area (Å²) in [5.41, 5.74) is 0.992. The van der Waals surface area contributed by atoms with Gasteiger partial charge in [-0.25, -0.2) is 0 Å². The molecule has 1 aromatic heterocycles. The molecule has 2 aromatic rings. The Morgan fingerprint density at radius 2 is 2.22 bits per heavy atom. The van der Waals surface area contributed by atoms with Crippen LogP contribution in [0.25, 0.3) is 10.9 Å². The van der Waals surface area contributed by atoms with Crippen molar-refractivity contribution in [3.8, 4) is 0 Å². The van der Waals surface area contributed by atoms with Crippen molar-refractivity contribution in [3.63, 3.8) is 0 Å². The Kier molecular flexibility index (Phi) is 4.63. The Balaban J connectivity index is 1.62. The third-order valence-corrected chi connectivity index (χ3v) is 4.73. The third kappa shape index (κ3) is 3.38. The van der Waals surface area contributed by atoms with Crippen molar-refractivity contribution < 1.29 is 9.53 Å². The number of amides is 1. The largest absolute Gasteiger partial charge is 0.380 e. The molecule has 6 nitrogen and oxygen atoms in total. The molecule has 0 N–H and O–H groups in total. The van der Waals surface area contributed by atoms with Crippen molar-refractivity contribution in [3.05, 3.63) is 30.5 Å². The monoisotopic (exact) mass is 316 g/mol. The minimum atomic E-state index is 0.0770. The molecule has 0 unspecified atom stereocenters. The molecule has 1 fully saturated rings. The standard InChI is InChI=1S/C17H24N4O2/c1-19-11-15(23-3)8-14(19)10-20(2)17(22)12-21-16-7-5-4-6-13(16)9-18-21/h4-7,9,14-15H,8,10-12H2,1-3H3/t14-,15-/m0/s1. The van der Waals surface area contributed by atoms with E-state index in [0.717, 1.165) is 23.9 Å². The fourth-order valence-corrected chi connectivity index (χ4v) is 3.23. The Bertz CT molecular complexity index is 684. The van der Waals surface area contributed by atoms with E-state index in [-0.39, 0.29) is 18.6 Å². The zero-order valence-electron chi connectivity index (χ0n) is 14.0. The van der Waals surface area contributed by atoms with Gasteiger partial charge in [0.25, 0.3) is 0 Å². The summed E-state index contributed by atoms with van der Waals surface area (Å²) in [6, 6.07) is 8.29. The van der Waals surface area contributed by atoms with Crippen molar-refractivity contribution in [2.24, 2.45) is 0 Å². The molecular formula is C17H24N4O2. The number of nitrogens with zero attached hydrogens (tertiary/aromatic N) is 4. The number of para-hydroxylation sites is 1. The molecule has 0 bridgehead atoms. The predicted octanol–water partition coefficient (Wildman–Crippen LogP) is 1.21. The molecule has 2 atom stereocenters. The van der Waals surface area contributed by atoms with Gasteiger partial charge in [0.1, 0.15) is 6.54 Å². The van der Waals surface area contributed by atoms with Crippen molar-refractivity contribution in [1.29, 1.82) is 0 Å². The minimum Gasteiger partial charge on any atom is -0.380 e. The highest BCUT2D eigenvalue weighted by Crippen LogP contribution is 2.19. The lowest BCUT2D eigenvalue weighted by atomic mass is 10.2. The Morgan fingerprint density at radius 1 is 1.43 bits per heavy atom. The van der Waals surface area contributed by atoms with Gasteiger partial charge in [-0.2, -0.15) is 5.10 Å². The molecule has 0 spiro atoms. The zero-order valence-corrected chi connectivity index (χ0v) is 14.0. The van der Waals surface area contributed by atoms with Gasteiger partial charge in [0.15, 0.2) is 0 Å². The normalized spacial score (nSPS) is 21.9. The molecule has 3 rings (SSSR count). The van der Waals surface area contributed by atoms with E-state index in [0.29, 0.717) is 12.6 Å². The number of hydrogen-bond donors (Lipinski definition) is 0. The first-order valence-corrected chi connectivity index (χ1v) is 7.96. The van der Waals surface area contributed by atoms with E-state index in [9.17, 15) is 4.79 Å². The van der Waals surface area contributed by atoms with Gasteiger partial charge in [0.05, 0.1) is 17.8 Å². The van der Waals surface area contributed by atoms with Crippen molar-refractivity contribution in [1.82, 2.24) is 19.6 Å². The fraction of sp³-hybridized carbons (Fsp3) is 0.529. The van der Waals surface area contributed by atoms with Gasteiger partial charge in [-0.05, 0) is 19.5 Å². The van der Waals surface area contributed by atoms with Crippen molar-refractivity contribution >= 4 is 16.8 Å². The lowest BCUT2D eigenvalue weighted by molar-refractivity contribution is -0.131. The van der Waals surface area contributed by atoms with Crippen LogP contribution in [0.5, 0.6) is 0 Å². The molecule has 1 amide bonds. The molecule has 0 radical (unpaired) electrons. The number of likely N-dealkylation sites (tertiary alicyclic amines) is 1. The summed E-state index contributed by atoms with van der Waals surface area (Å²) in [4.78, 5) is 16.6. The van der Waals surface area contributed by atoms with Crippen LogP contribution in [0.15, 0.2) is 30.5 Å². The maximum atomic E-state index is 12.5. The van der Waals surface area contributed by atoms with Gasteiger partial charge in [0.2, 0.25) is 5.91 Å². The summed E-state index contributed by atoms with van der Waals surface area (Å²) < 4.78 is 7.20. The third-order valence-electron chi connectivity index (χ3n) is 4.73. The first-order valence-electron chi connectivity index (χ1n) is 7.96. The number of hydrogen-bond acceptors (Lipinski definition) is 4. The van der Waals surface area contributed by atoms with E-state index < -0.39 is 0 Å². The number of rotatable bonds is 5. The number of carbonyl (C=O) groups excluding carboxylic acids is 1. The molecule has 124 valence electrons. The molecule has 0 saturated carbocycles. The molecule has 1 aromatic carbocycles. The molecule has 0 aliphatic carbocycles. The Morgan fingerprint density at radius 3 is 2.96 bits per heavy atom. The van der Waals surface area contributed by atoms with Gasteiger partial charge in [-0.15, -0.1) is 0 Å². The average molecular weight is 316 g/mol. The number of carbonyl (C=O) groups is 1. The van der Waals surface area contributed by atoms with Crippen LogP contribution >= 0.6 is 0 Å². The quantitative estimate of drug-likeness (QED) is 0.832. The van der Waals surface area contributed by atoms with E-state index >= 15 is 0 Å². The second-order valence-electron chi connectivity index (χ2n) is 6.32. The van der Waals surface area contributed by atoms with Crippen LogP contribution in [0.4, 0.5) is 0 Å². The van der Waals surface area contributed by atoms with Gasteiger partial charge in [-0.1, -0.05) is 18.2 Å². The SMILES string of the molecule is CO[C@H]1C[C@@H](CN(C)C(=O)Cn2ncc3ccccc32)N(C)C1. The molecule has 1 aliphatic heterocycles. The maximum Gasteiger partial charge on any atom is 0.244 e. The topological polar surface area (TPSA) is 50.6 Å². The predicted molar refractivity (Wildman–Crippen MR) is 89.2 cm³/mol. The molecule has 1 aliphatic rings. The summed E-state index contributed by atoms with van der Waals surface area (Å²) >= 11 is 0. The number of ether oxygens (including phenoxy) is 1. The number of likely N-dealkylation sites (N-methyl/N-ethyl adjacent to an activating group) is 2. The highest BCUT2D eigenvalue weighted by Gasteiger charge is 2.31. The molecule has 23 heavy (non-hydrogen) atoms. The summed E-state index contributed by atoms with van der Waals surface area (Å²) in [7, 11) is 5.70. The van der Waals surface area contributed by atoms with Crippen molar-refractivity contribution in [2.75, 3.05) is 34.3 Å². The second kappa shape index (κ2) is 6.68. The van der Waals surface area contributed by atoms with Gasteiger partial charge >= 0.3 is 0 Å². The average Bonchev–Trinajstić information content (AvgIpc) is 3.11. The second-order valence-corrected chi connectivity index (χ2v) is 6.32. The van der Waals surface area contributed by atoms with E-state index in [1.54, 1.807) is 22.9 Å². The van der Waals surface area contributed by atoms with Crippen LogP contribution < -0.4 is 0 Å². The van der Waals surface area contributed by atoms with Gasteiger partial charge < -0.3 is 9.64 Å². The van der Waals surface area contributed by atoms with Gasteiger partial charge in [-0.3, -0.25) is 14.4 Å². The van der Waals surface area contributed by atoms with Crippen LogP contribution in [0, 0.1) is 0 Å². The summed E-state index contributed by atoms with van der Waals surface area (Å²) in [6.45, 7) is 1.91. The van der Waals surface area contributed by atoms with Crippen LogP contribution in [0.1, 0.15) is 6.42 Å². The molecule has 6 heteroatoms. The lowest BCUT2D eigenvalue weighted by Crippen LogP contribution is -2.40. The first-order chi connectivity index (χ1) is 11.1.